The van der Waals surface area contributed by atoms with Gasteiger partial charge in [-0.3, -0.25) is 13.9 Å². The van der Waals surface area contributed by atoms with Crippen LogP contribution >= 0.6 is 7.75 Å². The minimum Gasteiger partial charge on any atom is -0.479 e. The smallest absolute Gasteiger partial charge is 0.459 e. The van der Waals surface area contributed by atoms with Gasteiger partial charge in [0.2, 0.25) is 11.8 Å². The molecule has 232 valence electrons. The van der Waals surface area contributed by atoms with Crippen molar-refractivity contribution in [1.82, 2.24) is 24.6 Å². The second kappa shape index (κ2) is 12.4. The van der Waals surface area contributed by atoms with Crippen molar-refractivity contribution < 1.29 is 37.7 Å². The summed E-state index contributed by atoms with van der Waals surface area (Å²) in [5.41, 5.74) is 4.51. The lowest BCUT2D eigenvalue weighted by molar-refractivity contribution is -0.148. The summed E-state index contributed by atoms with van der Waals surface area (Å²) in [5, 5.41) is 24.0. The van der Waals surface area contributed by atoms with E-state index in [4.69, 9.17) is 29.0 Å². The molecule has 0 aliphatic carbocycles. The standard InChI is InChI=1S/C27H36N7O8P/c1-16(23(36)39-14-26(2,3)4)33-43(37,42-17-10-8-7-9-11-17)40-12-18-20(35)27(5,13-28)24(41-18)34-15-30-19-21(34)31-25(29)32-22(19)38-6/h7-11,15-16,18,20,24,35H,12,14H2,1-6H3,(H,33,37)(H2,29,31,32)/t16-,18+,20+,24+,27+,43?/m0/s1. The van der Waals surface area contributed by atoms with E-state index in [0.29, 0.717) is 0 Å². The fraction of sp³-hybridized carbons (Fsp3) is 0.519. The summed E-state index contributed by atoms with van der Waals surface area (Å²) < 4.78 is 43.5. The van der Waals surface area contributed by atoms with Gasteiger partial charge in [0, 0.05) is 0 Å². The molecule has 2 aromatic heterocycles. The van der Waals surface area contributed by atoms with Gasteiger partial charge in [-0.25, -0.2) is 9.55 Å². The van der Waals surface area contributed by atoms with Crippen molar-refractivity contribution in [2.24, 2.45) is 10.8 Å². The highest BCUT2D eigenvalue weighted by atomic mass is 31.2. The van der Waals surface area contributed by atoms with Crippen molar-refractivity contribution in [2.75, 3.05) is 26.1 Å². The zero-order valence-corrected chi connectivity index (χ0v) is 25.6. The van der Waals surface area contributed by atoms with E-state index in [1.165, 1.54) is 31.9 Å². The molecule has 0 spiro atoms. The van der Waals surface area contributed by atoms with E-state index in [1.54, 1.807) is 30.3 Å². The number of aliphatic hydroxyl groups excluding tert-OH is 1. The number of ether oxygens (including phenoxy) is 3. The first-order valence-electron chi connectivity index (χ1n) is 13.4. The number of hydrogen-bond donors (Lipinski definition) is 3. The zero-order chi connectivity index (χ0) is 31.6. The van der Waals surface area contributed by atoms with E-state index in [1.807, 2.05) is 20.8 Å². The number of carbonyl (C=O) groups excluding carboxylic acids is 1. The Labute approximate surface area is 248 Å². The molecule has 0 saturated carbocycles. The minimum atomic E-state index is -4.28. The maximum atomic E-state index is 14.0. The number of rotatable bonds is 11. The molecular formula is C27H36N7O8P. The van der Waals surface area contributed by atoms with Gasteiger partial charge in [-0.15, -0.1) is 0 Å². The number of fused-ring (bicyclic) bond motifs is 1. The molecule has 15 nitrogen and oxygen atoms in total. The van der Waals surface area contributed by atoms with Crippen LogP contribution in [-0.4, -0.2) is 69.2 Å². The van der Waals surface area contributed by atoms with Gasteiger partial charge in [0.15, 0.2) is 17.4 Å². The number of nitriles is 1. The SMILES string of the molecule is COc1nc(N)nc2c1ncn2[C@@H]1O[C@H](COP(=O)(N[C@@H](C)C(=O)OCC(C)(C)C)Oc2ccccc2)[C@@H](O)[C@@]1(C)C#N. The monoisotopic (exact) mass is 617 g/mol. The van der Waals surface area contributed by atoms with Crippen molar-refractivity contribution in [2.45, 2.75) is 59.1 Å². The van der Waals surface area contributed by atoms with Gasteiger partial charge in [-0.05, 0) is 31.4 Å². The van der Waals surface area contributed by atoms with Crippen molar-refractivity contribution in [1.29, 1.82) is 5.26 Å². The van der Waals surface area contributed by atoms with Crippen LogP contribution in [0.4, 0.5) is 5.95 Å². The molecule has 3 heterocycles. The van der Waals surface area contributed by atoms with Crippen molar-refractivity contribution in [3.63, 3.8) is 0 Å². The third-order valence-electron chi connectivity index (χ3n) is 6.61. The number of para-hydroxylation sites is 1. The number of aromatic nitrogens is 4. The summed E-state index contributed by atoms with van der Waals surface area (Å²) in [6.45, 7) is 8.35. The van der Waals surface area contributed by atoms with Crippen molar-refractivity contribution >= 4 is 30.8 Å². The molecule has 4 N–H and O–H groups in total. The molecular weight excluding hydrogens is 581 g/mol. The number of nitrogen functional groups attached to an aromatic ring is 1. The average Bonchev–Trinajstić information content (AvgIpc) is 3.48. The van der Waals surface area contributed by atoms with E-state index in [9.17, 15) is 19.7 Å². The molecule has 0 radical (unpaired) electrons. The number of esters is 1. The Bertz CT molecular complexity index is 1540. The fourth-order valence-corrected chi connectivity index (χ4v) is 5.83. The molecule has 0 bridgehead atoms. The number of imidazole rings is 1. The van der Waals surface area contributed by atoms with Crippen molar-refractivity contribution in [3.05, 3.63) is 36.7 Å². The van der Waals surface area contributed by atoms with Gasteiger partial charge in [0.1, 0.15) is 29.4 Å². The number of nitrogens with zero attached hydrogens (tertiary/aromatic N) is 5. The highest BCUT2D eigenvalue weighted by Crippen LogP contribution is 2.49. The molecule has 1 unspecified atom stereocenters. The molecule has 6 atom stereocenters. The van der Waals surface area contributed by atoms with Crippen LogP contribution in [0.25, 0.3) is 11.2 Å². The molecule has 1 aliphatic heterocycles. The van der Waals surface area contributed by atoms with Crippen LogP contribution < -0.4 is 20.1 Å². The number of hydrogen-bond acceptors (Lipinski definition) is 13. The van der Waals surface area contributed by atoms with Gasteiger partial charge in [0.25, 0.3) is 0 Å². The van der Waals surface area contributed by atoms with Crippen molar-refractivity contribution in [3.8, 4) is 17.7 Å². The zero-order valence-electron chi connectivity index (χ0n) is 24.8. The molecule has 4 rings (SSSR count). The van der Waals surface area contributed by atoms with Crippen LogP contribution in [0.3, 0.4) is 0 Å². The molecule has 3 aromatic rings. The summed E-state index contributed by atoms with van der Waals surface area (Å²) in [7, 11) is -2.88. The number of benzene rings is 1. The number of nitrogens with two attached hydrogens (primary N) is 1. The van der Waals surface area contributed by atoms with Crippen LogP contribution in [0.15, 0.2) is 36.7 Å². The largest absolute Gasteiger partial charge is 0.479 e. The maximum absolute atomic E-state index is 14.0. The van der Waals surface area contributed by atoms with Gasteiger partial charge < -0.3 is 29.6 Å². The van der Waals surface area contributed by atoms with E-state index >= 15 is 0 Å². The summed E-state index contributed by atoms with van der Waals surface area (Å²) in [5.74, 6) is -0.423. The first kappa shape index (κ1) is 32.1. The van der Waals surface area contributed by atoms with E-state index in [0.717, 1.165) is 0 Å². The van der Waals surface area contributed by atoms with Crippen LogP contribution in [0, 0.1) is 22.2 Å². The quantitative estimate of drug-likeness (QED) is 0.209. The Balaban J connectivity index is 1.57. The fourth-order valence-electron chi connectivity index (χ4n) is 4.32. The summed E-state index contributed by atoms with van der Waals surface area (Å²) in [6, 6.07) is 9.26. The Morgan fingerprint density at radius 1 is 1.33 bits per heavy atom. The highest BCUT2D eigenvalue weighted by molar-refractivity contribution is 7.52. The number of methoxy groups -OCH3 is 1. The topological polar surface area (TPSA) is 206 Å². The first-order valence-corrected chi connectivity index (χ1v) is 15.0. The van der Waals surface area contributed by atoms with Gasteiger partial charge in [-0.2, -0.15) is 20.3 Å². The molecule has 1 saturated heterocycles. The molecule has 1 aromatic carbocycles. The van der Waals surface area contributed by atoms with E-state index < -0.39 is 50.2 Å². The lowest BCUT2D eigenvalue weighted by atomic mass is 9.84. The molecule has 1 aliphatic rings. The second-order valence-corrected chi connectivity index (χ2v) is 13.2. The number of carbonyl (C=O) groups is 1. The van der Waals surface area contributed by atoms with E-state index in [2.05, 4.69) is 26.1 Å². The first-order chi connectivity index (χ1) is 20.2. The number of nitrogens with one attached hydrogen (secondary N) is 1. The van der Waals surface area contributed by atoms with Gasteiger partial charge >= 0.3 is 13.7 Å². The normalized spacial score (nSPS) is 24.2. The van der Waals surface area contributed by atoms with Crippen LogP contribution in [0.1, 0.15) is 40.8 Å². The third kappa shape index (κ3) is 7.06. The van der Waals surface area contributed by atoms with Gasteiger partial charge in [0.05, 0.1) is 32.7 Å². The van der Waals surface area contributed by atoms with Crippen LogP contribution in [0.2, 0.25) is 0 Å². The predicted octanol–water partition coefficient (Wildman–Crippen LogP) is 2.98. The highest BCUT2D eigenvalue weighted by Gasteiger charge is 2.56. The lowest BCUT2D eigenvalue weighted by Gasteiger charge is -2.26. The van der Waals surface area contributed by atoms with Crippen LogP contribution in [0.5, 0.6) is 11.6 Å². The predicted molar refractivity (Wildman–Crippen MR) is 154 cm³/mol. The molecule has 0 amide bonds. The second-order valence-electron chi connectivity index (χ2n) is 11.5. The Morgan fingerprint density at radius 3 is 2.65 bits per heavy atom. The number of anilines is 1. The minimum absolute atomic E-state index is 0.0941. The molecule has 16 heteroatoms. The Kier molecular flexibility index (Phi) is 9.29. The maximum Gasteiger partial charge on any atom is 0.459 e. The lowest BCUT2D eigenvalue weighted by Crippen LogP contribution is -2.39. The van der Waals surface area contributed by atoms with Crippen LogP contribution in [-0.2, 0) is 23.4 Å². The van der Waals surface area contributed by atoms with E-state index in [-0.39, 0.29) is 40.8 Å². The summed E-state index contributed by atoms with van der Waals surface area (Å²) in [4.78, 5) is 25.1. The summed E-state index contributed by atoms with van der Waals surface area (Å²) in [6.07, 6.45) is -2.32. The molecule has 1 fully saturated rings. The summed E-state index contributed by atoms with van der Waals surface area (Å²) >= 11 is 0. The Hall–Kier alpha value is -3.80. The average molecular weight is 618 g/mol. The number of aliphatic hydroxyl groups is 1. The molecule has 43 heavy (non-hydrogen) atoms. The van der Waals surface area contributed by atoms with Gasteiger partial charge in [-0.1, -0.05) is 39.0 Å². The Morgan fingerprint density at radius 2 is 2.02 bits per heavy atom. The third-order valence-corrected chi connectivity index (χ3v) is 8.25.